The number of rotatable bonds is 4. The van der Waals surface area contributed by atoms with E-state index in [1.54, 1.807) is 13.8 Å². The molecule has 0 saturated carbocycles. The fraction of sp³-hybridized carbons (Fsp3) is 0.333. The van der Waals surface area contributed by atoms with Crippen LogP contribution in [0.15, 0.2) is 12.1 Å². The van der Waals surface area contributed by atoms with Gasteiger partial charge in [0.05, 0.1) is 17.1 Å². The maximum Gasteiger partial charge on any atom is 0.254 e. The predicted octanol–water partition coefficient (Wildman–Crippen LogP) is 2.57. The highest BCUT2D eigenvalue weighted by Gasteiger charge is 2.16. The number of nitrogens with one attached hydrogen (secondary N) is 1. The van der Waals surface area contributed by atoms with E-state index in [9.17, 15) is 18.4 Å². The normalized spacial score (nSPS) is 10.6. The van der Waals surface area contributed by atoms with E-state index in [0.29, 0.717) is 6.07 Å². The van der Waals surface area contributed by atoms with Gasteiger partial charge in [-0.15, -0.1) is 0 Å². The number of halogens is 3. The van der Waals surface area contributed by atoms with Gasteiger partial charge in [-0.3, -0.25) is 9.59 Å². The largest absolute Gasteiger partial charge is 0.345 e. The molecule has 0 radical (unpaired) electrons. The average molecular weight is 276 g/mol. The number of carbonyl (C=O) groups is 2. The van der Waals surface area contributed by atoms with Gasteiger partial charge in [-0.1, -0.05) is 25.4 Å². The molecule has 1 amide bonds. The molecule has 0 unspecified atom stereocenters. The minimum atomic E-state index is -0.934. The molecule has 0 atom stereocenters. The minimum Gasteiger partial charge on any atom is -0.345 e. The first kappa shape index (κ1) is 14.6. The van der Waals surface area contributed by atoms with Crippen molar-refractivity contribution < 1.29 is 18.4 Å². The third kappa shape index (κ3) is 3.50. The molecular formula is C12H12ClF2NO2. The lowest BCUT2D eigenvalue weighted by molar-refractivity contribution is -0.120. The summed E-state index contributed by atoms with van der Waals surface area (Å²) in [5.74, 6) is -3.11. The summed E-state index contributed by atoms with van der Waals surface area (Å²) in [7, 11) is 0. The molecule has 1 rings (SSSR count). The zero-order valence-electron chi connectivity index (χ0n) is 9.89. The molecule has 0 spiro atoms. The third-order valence-electron chi connectivity index (χ3n) is 2.32. The molecule has 1 N–H and O–H groups in total. The first-order valence-electron chi connectivity index (χ1n) is 5.28. The Bertz CT molecular complexity index is 489. The highest BCUT2D eigenvalue weighted by atomic mass is 35.5. The van der Waals surface area contributed by atoms with Crippen molar-refractivity contribution in [3.8, 4) is 0 Å². The van der Waals surface area contributed by atoms with Gasteiger partial charge in [-0.25, -0.2) is 8.78 Å². The molecule has 0 saturated heterocycles. The summed E-state index contributed by atoms with van der Waals surface area (Å²) in [6.45, 7) is 3.13. The van der Waals surface area contributed by atoms with Gasteiger partial charge < -0.3 is 5.32 Å². The number of hydrogen-bond acceptors (Lipinski definition) is 2. The Balaban J connectivity index is 2.79. The Morgan fingerprint density at radius 2 is 1.89 bits per heavy atom. The predicted molar refractivity (Wildman–Crippen MR) is 63.5 cm³/mol. The minimum absolute atomic E-state index is 0.196. The molecule has 0 aliphatic heterocycles. The van der Waals surface area contributed by atoms with Crippen molar-refractivity contribution in [3.63, 3.8) is 0 Å². The summed E-state index contributed by atoms with van der Waals surface area (Å²) >= 11 is 5.36. The fourth-order valence-electron chi connectivity index (χ4n) is 1.16. The monoisotopic (exact) mass is 275 g/mol. The van der Waals surface area contributed by atoms with Crippen LogP contribution >= 0.6 is 11.6 Å². The Morgan fingerprint density at radius 3 is 2.44 bits per heavy atom. The van der Waals surface area contributed by atoms with Crippen molar-refractivity contribution >= 4 is 23.3 Å². The Morgan fingerprint density at radius 1 is 1.28 bits per heavy atom. The van der Waals surface area contributed by atoms with Gasteiger partial charge in [0, 0.05) is 5.92 Å². The van der Waals surface area contributed by atoms with E-state index < -0.39 is 28.1 Å². The number of Topliss-reactive ketones (excluding diaryl/α,β-unsaturated/α-hetero) is 1. The lowest BCUT2D eigenvalue weighted by atomic mass is 10.1. The Kier molecular flexibility index (Phi) is 4.78. The summed E-state index contributed by atoms with van der Waals surface area (Å²) < 4.78 is 26.5. The summed E-state index contributed by atoms with van der Waals surface area (Å²) in [4.78, 5) is 22.8. The standard InChI is InChI=1S/C12H12ClF2NO2/c1-6(2)11(17)5-16-12(18)7-3-10(15)8(13)4-9(7)14/h3-4,6H,5H2,1-2H3,(H,16,18). The van der Waals surface area contributed by atoms with Crippen LogP contribution in [0.3, 0.4) is 0 Å². The quantitative estimate of drug-likeness (QED) is 0.859. The van der Waals surface area contributed by atoms with E-state index in [0.717, 1.165) is 6.07 Å². The lowest BCUT2D eigenvalue weighted by Crippen LogP contribution is -2.32. The van der Waals surface area contributed by atoms with E-state index in [2.05, 4.69) is 5.32 Å². The molecular weight excluding hydrogens is 264 g/mol. The van der Waals surface area contributed by atoms with Crippen LogP contribution in [0.4, 0.5) is 8.78 Å². The van der Waals surface area contributed by atoms with E-state index in [-0.39, 0.29) is 18.2 Å². The van der Waals surface area contributed by atoms with Crippen LogP contribution in [0.5, 0.6) is 0 Å². The van der Waals surface area contributed by atoms with E-state index >= 15 is 0 Å². The number of hydrogen-bond donors (Lipinski definition) is 1. The SMILES string of the molecule is CC(C)C(=O)CNC(=O)c1cc(F)c(Cl)cc1F. The fourth-order valence-corrected chi connectivity index (χ4v) is 1.31. The van der Waals surface area contributed by atoms with Crippen molar-refractivity contribution in [1.82, 2.24) is 5.32 Å². The van der Waals surface area contributed by atoms with Gasteiger partial charge in [0.15, 0.2) is 5.78 Å². The van der Waals surface area contributed by atoms with Gasteiger partial charge in [0.2, 0.25) is 0 Å². The summed E-state index contributed by atoms with van der Waals surface area (Å²) in [6.07, 6.45) is 0. The second-order valence-corrected chi connectivity index (χ2v) is 4.46. The van der Waals surface area contributed by atoms with Crippen molar-refractivity contribution in [2.75, 3.05) is 6.54 Å². The van der Waals surface area contributed by atoms with Gasteiger partial charge in [-0.05, 0) is 12.1 Å². The smallest absolute Gasteiger partial charge is 0.254 e. The first-order valence-corrected chi connectivity index (χ1v) is 5.66. The van der Waals surface area contributed by atoms with Gasteiger partial charge in [0.25, 0.3) is 5.91 Å². The van der Waals surface area contributed by atoms with E-state index in [4.69, 9.17) is 11.6 Å². The maximum absolute atomic E-state index is 13.4. The Hall–Kier alpha value is -1.49. The Labute approximate surface area is 108 Å². The van der Waals surface area contributed by atoms with Gasteiger partial charge >= 0.3 is 0 Å². The maximum atomic E-state index is 13.4. The second kappa shape index (κ2) is 5.91. The summed E-state index contributed by atoms with van der Waals surface area (Å²) in [5.41, 5.74) is -0.478. The summed E-state index contributed by atoms with van der Waals surface area (Å²) in [6, 6.07) is 1.42. The molecule has 6 heteroatoms. The van der Waals surface area contributed by atoms with Gasteiger partial charge in [-0.2, -0.15) is 0 Å². The molecule has 3 nitrogen and oxygen atoms in total. The van der Waals surface area contributed by atoms with E-state index in [1.165, 1.54) is 0 Å². The third-order valence-corrected chi connectivity index (χ3v) is 2.61. The molecule has 0 fully saturated rings. The van der Waals surface area contributed by atoms with Crippen LogP contribution in [0.2, 0.25) is 5.02 Å². The highest BCUT2D eigenvalue weighted by molar-refractivity contribution is 6.30. The number of ketones is 1. The van der Waals surface area contributed by atoms with Crippen LogP contribution in [0.25, 0.3) is 0 Å². The van der Waals surface area contributed by atoms with E-state index in [1.807, 2.05) is 0 Å². The zero-order valence-corrected chi connectivity index (χ0v) is 10.6. The number of amides is 1. The molecule has 1 aromatic rings. The molecule has 0 bridgehead atoms. The molecule has 0 aliphatic rings. The molecule has 18 heavy (non-hydrogen) atoms. The van der Waals surface area contributed by atoms with Crippen molar-refractivity contribution in [1.29, 1.82) is 0 Å². The topological polar surface area (TPSA) is 46.2 Å². The molecule has 0 aliphatic carbocycles. The lowest BCUT2D eigenvalue weighted by Gasteiger charge is -2.08. The van der Waals surface area contributed by atoms with Gasteiger partial charge in [0.1, 0.15) is 11.6 Å². The first-order chi connectivity index (χ1) is 8.32. The van der Waals surface area contributed by atoms with Crippen LogP contribution < -0.4 is 5.32 Å². The highest BCUT2D eigenvalue weighted by Crippen LogP contribution is 2.19. The second-order valence-electron chi connectivity index (χ2n) is 4.05. The summed E-state index contributed by atoms with van der Waals surface area (Å²) in [5, 5.41) is 1.83. The molecule has 1 aromatic carbocycles. The number of carbonyl (C=O) groups excluding carboxylic acids is 2. The molecule has 0 aromatic heterocycles. The molecule has 98 valence electrons. The van der Waals surface area contributed by atoms with Crippen molar-refractivity contribution in [2.24, 2.45) is 5.92 Å². The van der Waals surface area contributed by atoms with Crippen molar-refractivity contribution in [2.45, 2.75) is 13.8 Å². The van der Waals surface area contributed by atoms with Crippen LogP contribution in [-0.2, 0) is 4.79 Å². The van der Waals surface area contributed by atoms with Crippen LogP contribution in [-0.4, -0.2) is 18.2 Å². The van der Waals surface area contributed by atoms with Crippen LogP contribution in [0.1, 0.15) is 24.2 Å². The van der Waals surface area contributed by atoms with Crippen LogP contribution in [0, 0.1) is 17.6 Å². The molecule has 0 heterocycles. The number of benzene rings is 1. The zero-order chi connectivity index (χ0) is 13.9. The van der Waals surface area contributed by atoms with Crippen molar-refractivity contribution in [3.05, 3.63) is 34.4 Å². The average Bonchev–Trinajstić information content (AvgIpc) is 2.30.